The number of nitriles is 1. The van der Waals surface area contributed by atoms with E-state index in [0.29, 0.717) is 10.3 Å². The van der Waals surface area contributed by atoms with Crippen molar-refractivity contribution in [3.63, 3.8) is 0 Å². The fraction of sp³-hybridized carbons (Fsp3) is 0.455. The lowest BCUT2D eigenvalue weighted by Gasteiger charge is -2.04. The maximum absolute atomic E-state index is 8.46. The van der Waals surface area contributed by atoms with E-state index in [1.807, 2.05) is 11.6 Å². The number of thioether (sulfide) groups is 1. The Hall–Kier alpha value is -1.79. The lowest BCUT2D eigenvalue weighted by Crippen LogP contribution is -2.21. The number of thiazole rings is 1. The predicted molar refractivity (Wildman–Crippen MR) is 85.1 cm³/mol. The number of rotatable bonds is 6. The van der Waals surface area contributed by atoms with Gasteiger partial charge in [0.1, 0.15) is 0 Å². The van der Waals surface area contributed by atoms with Crippen LogP contribution in [0.5, 0.6) is 0 Å². The van der Waals surface area contributed by atoms with Crippen LogP contribution in [-0.4, -0.2) is 28.9 Å². The molecule has 0 aliphatic rings. The van der Waals surface area contributed by atoms with Gasteiger partial charge in [0.05, 0.1) is 5.69 Å². The zero-order chi connectivity index (χ0) is 14.8. The minimum absolute atomic E-state index is 0.0245. The highest BCUT2D eigenvalue weighted by Gasteiger charge is 2.01. The average molecular weight is 311 g/mol. The Labute approximate surface area is 126 Å². The molecule has 0 saturated carbocycles. The van der Waals surface area contributed by atoms with E-state index in [1.54, 1.807) is 6.19 Å². The Kier molecular flexibility index (Phi) is 7.46. The molecular formula is C11H17N7S2. The van der Waals surface area contributed by atoms with Crippen LogP contribution in [0.1, 0.15) is 18.5 Å². The molecule has 0 bridgehead atoms. The van der Waals surface area contributed by atoms with Crippen molar-refractivity contribution < 1.29 is 0 Å². The van der Waals surface area contributed by atoms with Gasteiger partial charge in [-0.05, 0) is 25.5 Å². The number of nitrogens with zero attached hydrogens (tertiary/aromatic N) is 4. The Morgan fingerprint density at radius 1 is 1.55 bits per heavy atom. The third-order valence-electron chi connectivity index (χ3n) is 2.25. The summed E-state index contributed by atoms with van der Waals surface area (Å²) in [4.78, 5) is 11.9. The van der Waals surface area contributed by atoms with E-state index in [4.69, 9.17) is 16.7 Å². The monoisotopic (exact) mass is 311 g/mol. The van der Waals surface area contributed by atoms with Gasteiger partial charge in [0.25, 0.3) is 0 Å². The summed E-state index contributed by atoms with van der Waals surface area (Å²) < 4.78 is 0. The second kappa shape index (κ2) is 9.17. The first-order valence-electron chi connectivity index (χ1n) is 5.94. The van der Waals surface area contributed by atoms with Crippen molar-refractivity contribution in [1.29, 1.82) is 5.26 Å². The van der Waals surface area contributed by atoms with Crippen LogP contribution < -0.4 is 16.8 Å². The van der Waals surface area contributed by atoms with Gasteiger partial charge in [0, 0.05) is 11.9 Å². The lowest BCUT2D eigenvalue weighted by atomic mass is 10.2. The van der Waals surface area contributed by atoms with E-state index < -0.39 is 0 Å². The number of hydrogen-bond acceptors (Lipinski definition) is 6. The van der Waals surface area contributed by atoms with Crippen LogP contribution in [0.15, 0.2) is 15.4 Å². The molecule has 0 radical (unpaired) electrons. The van der Waals surface area contributed by atoms with Crippen LogP contribution in [0, 0.1) is 11.5 Å². The van der Waals surface area contributed by atoms with Crippen molar-refractivity contribution in [3.8, 4) is 6.19 Å². The zero-order valence-electron chi connectivity index (χ0n) is 11.2. The third-order valence-corrected chi connectivity index (χ3v) is 3.65. The maximum Gasteiger partial charge on any atom is 0.212 e. The van der Waals surface area contributed by atoms with Crippen molar-refractivity contribution in [2.45, 2.75) is 19.3 Å². The smallest absolute Gasteiger partial charge is 0.212 e. The Morgan fingerprint density at radius 3 is 3.00 bits per heavy atom. The second-order valence-corrected chi connectivity index (χ2v) is 5.39. The van der Waals surface area contributed by atoms with Crippen LogP contribution in [0.4, 0.5) is 5.13 Å². The Balaban J connectivity index is 2.25. The molecule has 5 N–H and O–H groups in total. The van der Waals surface area contributed by atoms with Gasteiger partial charge in [0.15, 0.2) is 11.1 Å². The molecule has 0 aliphatic carbocycles. The molecule has 20 heavy (non-hydrogen) atoms. The highest BCUT2D eigenvalue weighted by Crippen LogP contribution is 2.19. The molecule has 1 rings (SSSR count). The molecule has 0 fully saturated rings. The van der Waals surface area contributed by atoms with Crippen molar-refractivity contribution in [1.82, 2.24) is 10.3 Å². The van der Waals surface area contributed by atoms with Crippen LogP contribution in [-0.2, 0) is 6.42 Å². The van der Waals surface area contributed by atoms with Gasteiger partial charge in [-0.1, -0.05) is 11.8 Å². The lowest BCUT2D eigenvalue weighted by molar-refractivity contribution is 0.705. The van der Waals surface area contributed by atoms with Gasteiger partial charge in [-0.25, -0.2) is 4.98 Å². The Morgan fingerprint density at radius 2 is 2.35 bits per heavy atom. The number of nitrogens with two attached hydrogens (primary N) is 2. The summed E-state index contributed by atoms with van der Waals surface area (Å²) in [5.41, 5.74) is 11.6. The van der Waals surface area contributed by atoms with E-state index in [1.165, 1.54) is 23.1 Å². The molecular weight excluding hydrogens is 294 g/mol. The second-order valence-electron chi connectivity index (χ2n) is 3.76. The molecule has 0 amide bonds. The summed E-state index contributed by atoms with van der Waals surface area (Å²) in [5.74, 6) is 0.0245. The minimum Gasteiger partial charge on any atom is -0.370 e. The number of aryl methyl sites for hydroxylation is 1. The third kappa shape index (κ3) is 6.40. The number of hydrogen-bond donors (Lipinski definition) is 3. The molecule has 1 heterocycles. The summed E-state index contributed by atoms with van der Waals surface area (Å²) in [7, 11) is 0. The molecule has 0 atom stereocenters. The predicted octanol–water partition coefficient (Wildman–Crippen LogP) is 1.16. The van der Waals surface area contributed by atoms with Gasteiger partial charge in [-0.2, -0.15) is 10.3 Å². The molecule has 0 aliphatic heterocycles. The first-order chi connectivity index (χ1) is 9.65. The molecule has 108 valence electrons. The Bertz CT molecular complexity index is 511. The molecule has 9 heteroatoms. The molecule has 1 aromatic heterocycles. The number of amidine groups is 1. The fourth-order valence-electron chi connectivity index (χ4n) is 1.40. The minimum atomic E-state index is 0.0245. The molecule has 0 unspecified atom stereocenters. The molecule has 0 saturated heterocycles. The van der Waals surface area contributed by atoms with Crippen LogP contribution >= 0.6 is 23.1 Å². The molecule has 0 aromatic carbocycles. The van der Waals surface area contributed by atoms with Gasteiger partial charge in [-0.3, -0.25) is 0 Å². The summed E-state index contributed by atoms with van der Waals surface area (Å²) in [6, 6.07) is 0. The topological polar surface area (TPSA) is 125 Å². The summed E-state index contributed by atoms with van der Waals surface area (Å²) in [6.45, 7) is 0.784. The molecule has 7 nitrogen and oxygen atoms in total. The first kappa shape index (κ1) is 16.3. The maximum atomic E-state index is 8.46. The van der Waals surface area contributed by atoms with Gasteiger partial charge >= 0.3 is 0 Å². The number of aliphatic imine (C=N–C) groups is 2. The molecule has 0 spiro atoms. The fourth-order valence-corrected chi connectivity index (χ4v) is 2.52. The summed E-state index contributed by atoms with van der Waals surface area (Å²) in [5, 5.41) is 14.8. The van der Waals surface area contributed by atoms with Gasteiger partial charge < -0.3 is 16.8 Å². The number of unbranched alkanes of at least 4 members (excludes halogenated alkanes) is 1. The van der Waals surface area contributed by atoms with Gasteiger partial charge in [-0.15, -0.1) is 16.3 Å². The van der Waals surface area contributed by atoms with Gasteiger partial charge in [0.2, 0.25) is 11.3 Å². The number of guanidine groups is 1. The van der Waals surface area contributed by atoms with Crippen molar-refractivity contribution in [3.05, 3.63) is 11.1 Å². The van der Waals surface area contributed by atoms with Crippen LogP contribution in [0.3, 0.4) is 0 Å². The van der Waals surface area contributed by atoms with Crippen LogP contribution in [0.2, 0.25) is 0 Å². The average Bonchev–Trinajstić information content (AvgIpc) is 2.83. The number of nitrogens with one attached hydrogen (secondary N) is 1. The summed E-state index contributed by atoms with van der Waals surface area (Å²) in [6.07, 6.45) is 6.49. The van der Waals surface area contributed by atoms with E-state index >= 15 is 0 Å². The van der Waals surface area contributed by atoms with E-state index in [0.717, 1.165) is 31.5 Å². The normalized spacial score (nSPS) is 10.9. The highest BCUT2D eigenvalue weighted by molar-refractivity contribution is 8.13. The molecule has 1 aromatic rings. The first-order valence-corrected chi connectivity index (χ1v) is 8.04. The quantitative estimate of drug-likeness (QED) is 0.313. The standard InChI is InChI=1S/C11H17N7S2/c1-19-10(16-7-12)15-5-3-2-4-8-6-20-11(17-8)18-9(13)14/h6H,2-5H2,1H3,(H,15,16)(H4,13,14,17,18). The van der Waals surface area contributed by atoms with E-state index in [2.05, 4.69) is 20.3 Å². The highest BCUT2D eigenvalue weighted by atomic mass is 32.2. The van der Waals surface area contributed by atoms with Crippen molar-refractivity contribution in [2.24, 2.45) is 21.5 Å². The largest absolute Gasteiger partial charge is 0.370 e. The van der Waals surface area contributed by atoms with Crippen LogP contribution in [0.25, 0.3) is 0 Å². The zero-order valence-corrected chi connectivity index (χ0v) is 12.8. The SMILES string of the molecule is CS/C(=N\C#N)NCCCCc1csc(N=C(N)N)n1. The van der Waals surface area contributed by atoms with Crippen molar-refractivity contribution in [2.75, 3.05) is 12.8 Å². The van der Waals surface area contributed by atoms with E-state index in [9.17, 15) is 0 Å². The summed E-state index contributed by atoms with van der Waals surface area (Å²) >= 11 is 2.85. The number of aromatic nitrogens is 1. The van der Waals surface area contributed by atoms with E-state index in [-0.39, 0.29) is 5.96 Å². The van der Waals surface area contributed by atoms with Crippen molar-refractivity contribution >= 4 is 39.4 Å².